The molecule has 0 bridgehead atoms. The van der Waals surface area contributed by atoms with Gasteiger partial charge >= 0.3 is 5.97 Å². The maximum atomic E-state index is 13.4. The minimum absolute atomic E-state index is 0.202. The van der Waals surface area contributed by atoms with Crippen LogP contribution in [0.3, 0.4) is 0 Å². The number of carboxylic acid groups (broad SMARTS) is 1. The predicted octanol–water partition coefficient (Wildman–Crippen LogP) is 2.59. The van der Waals surface area contributed by atoms with E-state index in [1.165, 1.54) is 18.2 Å². The van der Waals surface area contributed by atoms with Gasteiger partial charge in [-0.25, -0.2) is 4.39 Å². The van der Waals surface area contributed by atoms with Crippen LogP contribution in [0.5, 0.6) is 5.06 Å². The molecule has 2 aromatic carbocycles. The topological polar surface area (TPSA) is 104 Å². The van der Waals surface area contributed by atoms with E-state index in [1.807, 2.05) is 0 Å². The number of carboxylic acids is 1. The Balaban J connectivity index is 2.08. The maximum Gasteiger partial charge on any atom is 0.322 e. The van der Waals surface area contributed by atoms with Gasteiger partial charge in [0.1, 0.15) is 17.9 Å². The Bertz CT molecular complexity index is 1090. The Morgan fingerprint density at radius 1 is 1.12 bits per heavy atom. The molecule has 0 saturated carbocycles. The zero-order valence-corrected chi connectivity index (χ0v) is 14.0. The number of halogens is 1. The van der Waals surface area contributed by atoms with Crippen LogP contribution in [0.2, 0.25) is 0 Å². The molecule has 0 aliphatic heterocycles. The SMILES string of the molecule is O=C(O)CNC(=O)c1c(O)sc2cc(-c3cccc(F)c3)ccc2c1=O. The fraction of sp³-hybridized carbons (Fsp3) is 0.0556. The van der Waals surface area contributed by atoms with Crippen LogP contribution >= 0.6 is 11.3 Å². The molecule has 0 fully saturated rings. The molecule has 0 atom stereocenters. The van der Waals surface area contributed by atoms with Gasteiger partial charge in [0.15, 0.2) is 5.06 Å². The van der Waals surface area contributed by atoms with Gasteiger partial charge in [-0.15, -0.1) is 0 Å². The predicted molar refractivity (Wildman–Crippen MR) is 95.1 cm³/mol. The molecule has 0 aliphatic carbocycles. The van der Waals surface area contributed by atoms with Crippen LogP contribution in [0.1, 0.15) is 10.4 Å². The highest BCUT2D eigenvalue weighted by atomic mass is 32.1. The van der Waals surface area contributed by atoms with Gasteiger partial charge in [-0.2, -0.15) is 0 Å². The summed E-state index contributed by atoms with van der Waals surface area (Å²) in [6.45, 7) is -0.668. The number of nitrogens with one attached hydrogen (secondary N) is 1. The van der Waals surface area contributed by atoms with Crippen molar-refractivity contribution in [3.05, 3.63) is 64.1 Å². The van der Waals surface area contributed by atoms with Gasteiger partial charge in [0, 0.05) is 10.1 Å². The van der Waals surface area contributed by atoms with Crippen molar-refractivity contribution in [2.75, 3.05) is 6.54 Å². The molecule has 1 aromatic heterocycles. The highest BCUT2D eigenvalue weighted by Crippen LogP contribution is 2.31. The summed E-state index contributed by atoms with van der Waals surface area (Å²) in [6, 6.07) is 10.7. The first-order valence-electron chi connectivity index (χ1n) is 7.42. The van der Waals surface area contributed by atoms with Crippen molar-refractivity contribution < 1.29 is 24.2 Å². The molecule has 3 rings (SSSR count). The molecule has 132 valence electrons. The summed E-state index contributed by atoms with van der Waals surface area (Å²) in [5.74, 6) is -2.62. The number of rotatable bonds is 4. The minimum Gasteiger partial charge on any atom is -0.499 e. The van der Waals surface area contributed by atoms with Crippen LogP contribution in [-0.4, -0.2) is 28.6 Å². The molecule has 8 heteroatoms. The minimum atomic E-state index is -1.27. The van der Waals surface area contributed by atoms with Crippen molar-refractivity contribution in [1.29, 1.82) is 0 Å². The second-order valence-corrected chi connectivity index (χ2v) is 6.44. The van der Waals surface area contributed by atoms with E-state index in [0.717, 1.165) is 11.3 Å². The Kier molecular flexibility index (Phi) is 4.68. The van der Waals surface area contributed by atoms with E-state index in [4.69, 9.17) is 5.11 Å². The van der Waals surface area contributed by atoms with Crippen LogP contribution in [0.15, 0.2) is 47.3 Å². The number of carbonyl (C=O) groups is 2. The van der Waals surface area contributed by atoms with Crippen LogP contribution in [0.25, 0.3) is 21.2 Å². The van der Waals surface area contributed by atoms with Gasteiger partial charge in [0.2, 0.25) is 5.43 Å². The van der Waals surface area contributed by atoms with Crippen LogP contribution < -0.4 is 10.7 Å². The van der Waals surface area contributed by atoms with E-state index in [0.29, 0.717) is 15.8 Å². The second kappa shape index (κ2) is 6.93. The highest BCUT2D eigenvalue weighted by molar-refractivity contribution is 7.20. The first-order valence-corrected chi connectivity index (χ1v) is 8.24. The van der Waals surface area contributed by atoms with Crippen LogP contribution in [0.4, 0.5) is 4.39 Å². The van der Waals surface area contributed by atoms with Crippen molar-refractivity contribution in [3.8, 4) is 16.2 Å². The van der Waals surface area contributed by atoms with Crippen molar-refractivity contribution >= 4 is 33.3 Å². The Labute approximate surface area is 150 Å². The Morgan fingerprint density at radius 2 is 1.85 bits per heavy atom. The number of hydrogen-bond donors (Lipinski definition) is 3. The highest BCUT2D eigenvalue weighted by Gasteiger charge is 2.20. The fourth-order valence-electron chi connectivity index (χ4n) is 2.47. The summed E-state index contributed by atoms with van der Waals surface area (Å²) in [7, 11) is 0. The smallest absolute Gasteiger partial charge is 0.322 e. The van der Waals surface area contributed by atoms with E-state index in [2.05, 4.69) is 5.32 Å². The van der Waals surface area contributed by atoms with Crippen molar-refractivity contribution in [3.63, 3.8) is 0 Å². The number of carbonyl (C=O) groups excluding carboxylic acids is 1. The molecule has 0 radical (unpaired) electrons. The molecule has 1 amide bonds. The normalized spacial score (nSPS) is 10.7. The van der Waals surface area contributed by atoms with Crippen molar-refractivity contribution in [2.45, 2.75) is 0 Å². The number of hydrogen-bond acceptors (Lipinski definition) is 5. The van der Waals surface area contributed by atoms with E-state index in [1.54, 1.807) is 24.3 Å². The molecule has 0 saturated heterocycles. The molecule has 0 aliphatic rings. The van der Waals surface area contributed by atoms with Gasteiger partial charge in [-0.1, -0.05) is 29.5 Å². The zero-order valence-electron chi connectivity index (χ0n) is 13.2. The second-order valence-electron chi connectivity index (χ2n) is 5.41. The van der Waals surface area contributed by atoms with Gasteiger partial charge in [0.25, 0.3) is 5.91 Å². The Hall–Kier alpha value is -3.26. The van der Waals surface area contributed by atoms with E-state index < -0.39 is 40.3 Å². The van der Waals surface area contributed by atoms with Gasteiger partial charge in [-0.3, -0.25) is 14.4 Å². The monoisotopic (exact) mass is 373 g/mol. The standard InChI is InChI=1S/C18H12FNO5S/c19-11-3-1-2-9(6-11)10-4-5-12-13(7-10)26-18(25)15(16(12)23)17(24)20-8-14(21)22/h1-7,25H,8H2,(H,20,24)(H,21,22). The lowest BCUT2D eigenvalue weighted by Gasteiger charge is -2.07. The molecule has 3 aromatic rings. The van der Waals surface area contributed by atoms with Gasteiger partial charge in [0.05, 0.1) is 0 Å². The molecule has 3 N–H and O–H groups in total. The lowest BCUT2D eigenvalue weighted by molar-refractivity contribution is -0.135. The third kappa shape index (κ3) is 3.40. The first kappa shape index (κ1) is 17.6. The molecular weight excluding hydrogens is 361 g/mol. The molecular formula is C18H12FNO5S. The Morgan fingerprint density at radius 3 is 2.54 bits per heavy atom. The summed E-state index contributed by atoms with van der Waals surface area (Å²) < 4.78 is 13.8. The van der Waals surface area contributed by atoms with E-state index >= 15 is 0 Å². The summed E-state index contributed by atoms with van der Waals surface area (Å²) in [5.41, 5.74) is 0.0524. The zero-order chi connectivity index (χ0) is 18.8. The summed E-state index contributed by atoms with van der Waals surface area (Å²) in [4.78, 5) is 35.0. The summed E-state index contributed by atoms with van der Waals surface area (Å²) in [5, 5.41) is 20.4. The third-order valence-corrected chi connectivity index (χ3v) is 4.61. The third-order valence-electron chi connectivity index (χ3n) is 3.66. The van der Waals surface area contributed by atoms with E-state index in [-0.39, 0.29) is 5.39 Å². The van der Waals surface area contributed by atoms with Crippen LogP contribution in [-0.2, 0) is 4.79 Å². The molecule has 26 heavy (non-hydrogen) atoms. The number of fused-ring (bicyclic) bond motifs is 1. The quantitative estimate of drug-likeness (QED) is 0.652. The molecule has 0 unspecified atom stereocenters. The average Bonchev–Trinajstić information content (AvgIpc) is 2.59. The number of amides is 1. The van der Waals surface area contributed by atoms with Gasteiger partial charge in [-0.05, 0) is 35.4 Å². The number of aromatic hydroxyl groups is 1. The lowest BCUT2D eigenvalue weighted by Crippen LogP contribution is -2.32. The molecule has 0 spiro atoms. The summed E-state index contributed by atoms with van der Waals surface area (Å²) >= 11 is 0.812. The van der Waals surface area contributed by atoms with E-state index in [9.17, 15) is 23.9 Å². The van der Waals surface area contributed by atoms with Crippen molar-refractivity contribution in [1.82, 2.24) is 5.32 Å². The lowest BCUT2D eigenvalue weighted by atomic mass is 10.0. The average molecular weight is 373 g/mol. The first-order chi connectivity index (χ1) is 12.4. The van der Waals surface area contributed by atoms with Crippen molar-refractivity contribution in [2.24, 2.45) is 0 Å². The number of aliphatic carboxylic acids is 1. The fourth-order valence-corrected chi connectivity index (χ4v) is 3.43. The largest absolute Gasteiger partial charge is 0.499 e. The summed E-state index contributed by atoms with van der Waals surface area (Å²) in [6.07, 6.45) is 0. The maximum absolute atomic E-state index is 13.4. The molecule has 6 nitrogen and oxygen atoms in total. The van der Waals surface area contributed by atoms with Gasteiger partial charge < -0.3 is 15.5 Å². The molecule has 1 heterocycles. The van der Waals surface area contributed by atoms with Crippen LogP contribution in [0, 0.1) is 5.82 Å². The number of benzene rings is 2.